The highest BCUT2D eigenvalue weighted by Crippen LogP contribution is 2.49. The van der Waals surface area contributed by atoms with Gasteiger partial charge >= 0.3 is 12.1 Å². The number of ether oxygens (including phenoxy) is 3. The molecular weight excluding hydrogens is 808 g/mol. The average Bonchev–Trinajstić information content (AvgIpc) is 3.83. The summed E-state index contributed by atoms with van der Waals surface area (Å²) < 4.78 is 37.8. The van der Waals surface area contributed by atoms with Gasteiger partial charge in [-0.05, 0) is 93.9 Å². The van der Waals surface area contributed by atoms with Gasteiger partial charge in [-0.25, -0.2) is 14.2 Å². The van der Waals surface area contributed by atoms with E-state index in [0.29, 0.717) is 53.0 Å². The van der Waals surface area contributed by atoms with E-state index in [9.17, 15) is 4.79 Å². The number of fused-ring (bicyclic) bond motifs is 7. The number of carbonyl (C=O) groups is 1. The largest absolute Gasteiger partial charge is 0.471 e. The van der Waals surface area contributed by atoms with Gasteiger partial charge in [-0.3, -0.25) is 9.80 Å². The summed E-state index contributed by atoms with van der Waals surface area (Å²) in [6.45, 7) is 28.7. The van der Waals surface area contributed by atoms with Crippen LogP contribution in [0, 0.1) is 17.3 Å². The zero-order valence-corrected chi connectivity index (χ0v) is 40.0. The monoisotopic (exact) mass is 872 g/mol. The normalized spacial score (nSPS) is 24.5. The highest BCUT2D eigenvalue weighted by Gasteiger charge is 2.55. The quantitative estimate of drug-likeness (QED) is 0.0975. The summed E-state index contributed by atoms with van der Waals surface area (Å²) >= 11 is 0. The van der Waals surface area contributed by atoms with Gasteiger partial charge in [-0.1, -0.05) is 96.9 Å². The number of halogens is 1. The number of carbonyl (C=O) groups excluding carboxylic acids is 1. The van der Waals surface area contributed by atoms with Gasteiger partial charge in [0.1, 0.15) is 48.8 Å². The van der Waals surface area contributed by atoms with Crippen molar-refractivity contribution in [1.29, 1.82) is 0 Å². The zero-order chi connectivity index (χ0) is 44.7. The number of pyridine rings is 1. The predicted molar refractivity (Wildman–Crippen MR) is 252 cm³/mol. The topological polar surface area (TPSA) is 93.2 Å². The molecule has 2 aromatic carbocycles. The van der Waals surface area contributed by atoms with Crippen LogP contribution >= 0.6 is 0 Å². The molecule has 12 heteroatoms. The van der Waals surface area contributed by atoms with E-state index in [1.807, 2.05) is 43.9 Å². The molecule has 2 bridgehead atoms. The lowest BCUT2D eigenvalue weighted by atomic mass is 9.94. The third-order valence-corrected chi connectivity index (χ3v) is 21.3. The molecule has 5 aliphatic heterocycles. The summed E-state index contributed by atoms with van der Waals surface area (Å²) in [6.07, 6.45) is 4.41. The third-order valence-electron chi connectivity index (χ3n) is 15.0. The van der Waals surface area contributed by atoms with E-state index in [-0.39, 0.29) is 52.9 Å². The number of hydrogen-bond acceptors (Lipinski definition) is 9. The first-order valence-corrected chi connectivity index (χ1v) is 25.6. The Bertz CT molecular complexity index is 2520. The van der Waals surface area contributed by atoms with Gasteiger partial charge in [0.2, 0.25) is 5.88 Å². The van der Waals surface area contributed by atoms with E-state index in [1.54, 1.807) is 0 Å². The molecule has 4 aromatic rings. The lowest BCUT2D eigenvalue weighted by Crippen LogP contribution is -2.65. The summed E-state index contributed by atoms with van der Waals surface area (Å²) in [4.78, 5) is 35.8. The molecule has 0 N–H and O–H groups in total. The second kappa shape index (κ2) is 16.1. The lowest BCUT2D eigenvalue weighted by Gasteiger charge is -2.48. The summed E-state index contributed by atoms with van der Waals surface area (Å²) in [5.74, 6) is 3.94. The molecule has 5 atom stereocenters. The molecule has 0 aliphatic carbocycles. The van der Waals surface area contributed by atoms with Gasteiger partial charge in [0.05, 0.1) is 23.7 Å². The predicted octanol–water partition coefficient (Wildman–Crippen LogP) is 10.9. The van der Waals surface area contributed by atoms with Crippen molar-refractivity contribution in [3.05, 3.63) is 59.9 Å². The van der Waals surface area contributed by atoms with Crippen LogP contribution in [0.2, 0.25) is 16.6 Å². The highest BCUT2D eigenvalue weighted by molar-refractivity contribution is 6.90. The smallest absolute Gasteiger partial charge is 0.410 e. The Morgan fingerprint density at radius 2 is 1.76 bits per heavy atom. The van der Waals surface area contributed by atoms with E-state index < -0.39 is 25.6 Å². The van der Waals surface area contributed by atoms with Crippen molar-refractivity contribution in [1.82, 2.24) is 24.8 Å². The van der Waals surface area contributed by atoms with E-state index in [0.717, 1.165) is 61.5 Å². The van der Waals surface area contributed by atoms with Gasteiger partial charge in [0.15, 0.2) is 5.82 Å². The Kier molecular flexibility index (Phi) is 11.1. The zero-order valence-electron chi connectivity index (χ0n) is 39.0. The van der Waals surface area contributed by atoms with Crippen LogP contribution in [0.1, 0.15) is 113 Å². The molecule has 0 radical (unpaired) electrons. The number of hydrogen-bond donors (Lipinski definition) is 0. The average molecular weight is 873 g/mol. The minimum absolute atomic E-state index is 0.107. The van der Waals surface area contributed by atoms with Gasteiger partial charge in [0.25, 0.3) is 0 Å². The first-order valence-electron chi connectivity index (χ1n) is 23.4. The van der Waals surface area contributed by atoms with Gasteiger partial charge in [0, 0.05) is 29.6 Å². The number of benzene rings is 2. The summed E-state index contributed by atoms with van der Waals surface area (Å²) in [6, 6.07) is 11.6. The third kappa shape index (κ3) is 7.26. The first-order chi connectivity index (χ1) is 30.0. The Morgan fingerprint density at radius 1 is 1.03 bits per heavy atom. The molecule has 10 nitrogen and oxygen atoms in total. The van der Waals surface area contributed by atoms with Crippen molar-refractivity contribution < 1.29 is 23.4 Å². The fraction of sp³-hybridized carbons (Fsp3) is 0.569. The maximum Gasteiger partial charge on any atom is 0.410 e. The van der Waals surface area contributed by atoms with Crippen LogP contribution in [0.3, 0.4) is 0 Å². The van der Waals surface area contributed by atoms with E-state index >= 15 is 4.39 Å². The highest BCUT2D eigenvalue weighted by atomic mass is 28.3. The minimum Gasteiger partial charge on any atom is -0.471 e. The Hall–Kier alpha value is -4.73. The maximum atomic E-state index is 18.0. The SMILES string of the molecule is C=C1CN2CCCC2(COc2nc3c4c(nc(-c5cccc6cccc(C#C[Si](C(C)C)(C(C)C)C(C)C)c56)c(F)c4n2)O[C@@H](CC)[C@@H]2[C@@H]4CC[C@H](CN32)N4C(=O)OC(C)(C)C)C1. The molecule has 9 rings (SSSR count). The van der Waals surface area contributed by atoms with Crippen molar-refractivity contribution >= 4 is 41.7 Å². The molecular formula is C51H65FN6O4Si. The molecule has 1 amide bonds. The standard InChI is InChI=1S/C51H65FN6O4Si/c1-12-39-45-38-21-20-36(58(38)49(59)62-50(9,10)11)28-57(45)46-41-44(54-48(55-46)60-29-51-23-15-24-56(51)27-33(8)26-51)42(52)43(53-47(41)61-39)37-19-14-18-34-16-13-17-35(40(34)37)22-25-63(30(2)3,31(4)5)32(6)7/h13-14,16-19,30-32,36,38-39,45H,8,12,15,20-21,23-24,26-29H2,1-7,9-11H3/t36-,38+,39+,45+,51?/m1/s1. The Labute approximate surface area is 374 Å². The summed E-state index contributed by atoms with van der Waals surface area (Å²) in [5.41, 5.74) is 7.38. The van der Waals surface area contributed by atoms with Crippen LogP contribution in [-0.4, -0.2) is 101 Å². The summed E-state index contributed by atoms with van der Waals surface area (Å²) in [7, 11) is -2.10. The molecule has 1 unspecified atom stereocenters. The summed E-state index contributed by atoms with van der Waals surface area (Å²) in [5, 5.41) is 2.22. The fourth-order valence-electron chi connectivity index (χ4n) is 12.3. The van der Waals surface area contributed by atoms with Gasteiger partial charge in [-0.15, -0.1) is 5.54 Å². The minimum atomic E-state index is -2.10. The van der Waals surface area contributed by atoms with E-state index in [4.69, 9.17) is 29.2 Å². The van der Waals surface area contributed by atoms with Crippen LogP contribution < -0.4 is 14.4 Å². The van der Waals surface area contributed by atoms with Crippen molar-refractivity contribution in [2.45, 2.75) is 160 Å². The molecule has 334 valence electrons. The Morgan fingerprint density at radius 3 is 2.46 bits per heavy atom. The van der Waals surface area contributed by atoms with Crippen LogP contribution in [0.25, 0.3) is 32.9 Å². The van der Waals surface area contributed by atoms with Crippen LogP contribution in [-0.2, 0) is 4.74 Å². The van der Waals surface area contributed by atoms with Crippen molar-refractivity contribution in [3.63, 3.8) is 0 Å². The van der Waals surface area contributed by atoms with Crippen LogP contribution in [0.5, 0.6) is 11.9 Å². The van der Waals surface area contributed by atoms with Crippen molar-refractivity contribution in [2.75, 3.05) is 31.1 Å². The molecule has 5 aliphatic rings. The second-order valence-electron chi connectivity index (χ2n) is 20.8. The Balaban J connectivity index is 1.23. The van der Waals surface area contributed by atoms with Gasteiger partial charge in [-0.2, -0.15) is 9.97 Å². The lowest BCUT2D eigenvalue weighted by molar-refractivity contribution is -0.000590. The second-order valence-corrected chi connectivity index (χ2v) is 26.4. The van der Waals surface area contributed by atoms with Crippen molar-refractivity contribution in [2.24, 2.45) is 0 Å². The number of amides is 1. The fourth-order valence-corrected chi connectivity index (χ4v) is 17.5. The number of anilines is 1. The molecule has 4 fully saturated rings. The molecule has 0 saturated carbocycles. The van der Waals surface area contributed by atoms with Gasteiger partial charge < -0.3 is 19.1 Å². The first kappa shape index (κ1) is 43.5. The van der Waals surface area contributed by atoms with Crippen LogP contribution in [0.4, 0.5) is 15.0 Å². The number of nitrogens with zero attached hydrogens (tertiary/aromatic N) is 6. The van der Waals surface area contributed by atoms with E-state index in [2.05, 4.69) is 94.5 Å². The van der Waals surface area contributed by atoms with E-state index in [1.165, 1.54) is 5.57 Å². The molecule has 7 heterocycles. The molecule has 2 aromatic heterocycles. The number of rotatable bonds is 8. The molecule has 63 heavy (non-hydrogen) atoms. The number of piperazine rings is 1. The maximum absolute atomic E-state index is 18.0. The van der Waals surface area contributed by atoms with Crippen molar-refractivity contribution in [3.8, 4) is 34.6 Å². The number of aromatic nitrogens is 3. The molecule has 0 spiro atoms. The molecule has 4 saturated heterocycles. The van der Waals surface area contributed by atoms with Crippen LogP contribution in [0.15, 0.2) is 48.6 Å².